The minimum absolute atomic E-state index is 0.899. The van der Waals surface area contributed by atoms with Crippen LogP contribution in [0.25, 0.3) is 11.3 Å². The van der Waals surface area contributed by atoms with Gasteiger partial charge in [-0.1, -0.05) is 83.1 Å². The van der Waals surface area contributed by atoms with Gasteiger partial charge in [-0.2, -0.15) is 10.2 Å². The second-order valence-electron chi connectivity index (χ2n) is 8.03. The molecule has 1 heterocycles. The van der Waals surface area contributed by atoms with Gasteiger partial charge in [-0.3, -0.25) is 0 Å². The van der Waals surface area contributed by atoms with Gasteiger partial charge in [-0.05, 0) is 48.8 Å². The van der Waals surface area contributed by atoms with Crippen molar-refractivity contribution in [1.29, 1.82) is 0 Å². The maximum Gasteiger partial charge on any atom is 0.0929 e. The molecule has 0 unspecified atom stereocenters. The zero-order chi connectivity index (χ0) is 18.2. The molecular formula is C24H34N2. The van der Waals surface area contributed by atoms with Gasteiger partial charge in [0.25, 0.3) is 0 Å². The maximum absolute atomic E-state index is 4.49. The van der Waals surface area contributed by atoms with Crippen molar-refractivity contribution in [3.05, 3.63) is 47.7 Å². The van der Waals surface area contributed by atoms with Gasteiger partial charge in [0.15, 0.2) is 0 Å². The number of rotatable bonds is 8. The van der Waals surface area contributed by atoms with E-state index < -0.39 is 0 Å². The van der Waals surface area contributed by atoms with Crippen LogP contribution in [0.5, 0.6) is 0 Å². The molecule has 0 saturated heterocycles. The Labute approximate surface area is 159 Å². The van der Waals surface area contributed by atoms with Gasteiger partial charge in [0.05, 0.1) is 11.4 Å². The van der Waals surface area contributed by atoms with Crippen molar-refractivity contribution in [3.8, 4) is 11.3 Å². The van der Waals surface area contributed by atoms with Gasteiger partial charge < -0.3 is 0 Å². The second kappa shape index (κ2) is 9.85. The summed E-state index contributed by atoms with van der Waals surface area (Å²) in [4.78, 5) is 0. The molecule has 2 aromatic rings. The van der Waals surface area contributed by atoms with Crippen LogP contribution in [0.3, 0.4) is 0 Å². The lowest BCUT2D eigenvalue weighted by Crippen LogP contribution is -2.15. The summed E-state index contributed by atoms with van der Waals surface area (Å²) in [6.07, 6.45) is 13.4. The Balaban J connectivity index is 1.46. The molecule has 1 aliphatic carbocycles. The quantitative estimate of drug-likeness (QED) is 0.533. The molecule has 140 valence electrons. The lowest BCUT2D eigenvalue weighted by Gasteiger charge is -2.28. The number of benzene rings is 1. The normalized spacial score (nSPS) is 20.2. The zero-order valence-electron chi connectivity index (χ0n) is 16.6. The minimum atomic E-state index is 0.899. The SMILES string of the molecule is CCCCC1CCC(CCc2ccc(-c3ccc(CC)cc3)nn2)CC1. The van der Waals surface area contributed by atoms with Crippen molar-refractivity contribution in [2.45, 2.75) is 78.1 Å². The Morgan fingerprint density at radius 2 is 1.50 bits per heavy atom. The van der Waals surface area contributed by atoms with Gasteiger partial charge in [0, 0.05) is 5.56 Å². The van der Waals surface area contributed by atoms with Gasteiger partial charge >= 0.3 is 0 Å². The molecule has 1 saturated carbocycles. The fraction of sp³-hybridized carbons (Fsp3) is 0.583. The summed E-state index contributed by atoms with van der Waals surface area (Å²) in [5.41, 5.74) is 4.65. The van der Waals surface area contributed by atoms with Crippen molar-refractivity contribution in [3.63, 3.8) is 0 Å². The molecule has 0 radical (unpaired) electrons. The van der Waals surface area contributed by atoms with Crippen LogP contribution in [0.1, 0.15) is 76.5 Å². The number of hydrogen-bond acceptors (Lipinski definition) is 2. The first-order valence-electron chi connectivity index (χ1n) is 10.7. The molecule has 0 aliphatic heterocycles. The Morgan fingerprint density at radius 3 is 2.08 bits per heavy atom. The van der Waals surface area contributed by atoms with Gasteiger partial charge in [0.2, 0.25) is 0 Å². The van der Waals surface area contributed by atoms with E-state index in [-0.39, 0.29) is 0 Å². The molecule has 2 heteroatoms. The van der Waals surface area contributed by atoms with Crippen LogP contribution < -0.4 is 0 Å². The van der Waals surface area contributed by atoms with E-state index in [9.17, 15) is 0 Å². The number of unbranched alkanes of at least 4 members (excludes halogenated alkanes) is 1. The monoisotopic (exact) mass is 350 g/mol. The summed E-state index contributed by atoms with van der Waals surface area (Å²) in [7, 11) is 0. The molecule has 0 N–H and O–H groups in total. The fourth-order valence-corrected chi connectivity index (χ4v) is 4.21. The standard InChI is InChI=1S/C24H34N2/c1-3-5-6-20-7-9-21(10-8-20)13-16-23-17-18-24(26-25-23)22-14-11-19(4-2)12-15-22/h11-12,14-15,17-18,20-21H,3-10,13,16H2,1-2H3. The Kier molecular flexibility index (Phi) is 7.22. The molecule has 26 heavy (non-hydrogen) atoms. The summed E-state index contributed by atoms with van der Waals surface area (Å²) in [5.74, 6) is 1.90. The molecular weight excluding hydrogens is 316 g/mol. The van der Waals surface area contributed by atoms with Crippen molar-refractivity contribution < 1.29 is 0 Å². The summed E-state index contributed by atoms with van der Waals surface area (Å²) in [5, 5.41) is 8.95. The third-order valence-corrected chi connectivity index (χ3v) is 6.12. The average Bonchev–Trinajstić information content (AvgIpc) is 2.72. The molecule has 0 amide bonds. The lowest BCUT2D eigenvalue weighted by atomic mass is 9.78. The van der Waals surface area contributed by atoms with E-state index in [2.05, 4.69) is 60.4 Å². The van der Waals surface area contributed by atoms with Crippen LogP contribution in [-0.4, -0.2) is 10.2 Å². The van der Waals surface area contributed by atoms with Crippen molar-refractivity contribution in [1.82, 2.24) is 10.2 Å². The van der Waals surface area contributed by atoms with Crippen LogP contribution in [0, 0.1) is 11.8 Å². The highest BCUT2D eigenvalue weighted by Gasteiger charge is 2.20. The average molecular weight is 351 g/mol. The van der Waals surface area contributed by atoms with Crippen molar-refractivity contribution in [2.75, 3.05) is 0 Å². The van der Waals surface area contributed by atoms with Crippen LogP contribution in [0.4, 0.5) is 0 Å². The maximum atomic E-state index is 4.49. The number of aromatic nitrogens is 2. The smallest absolute Gasteiger partial charge is 0.0929 e. The third-order valence-electron chi connectivity index (χ3n) is 6.12. The highest BCUT2D eigenvalue weighted by Crippen LogP contribution is 2.34. The van der Waals surface area contributed by atoms with Crippen LogP contribution in [-0.2, 0) is 12.8 Å². The summed E-state index contributed by atoms with van der Waals surface area (Å²) >= 11 is 0. The highest BCUT2D eigenvalue weighted by atomic mass is 15.1. The molecule has 2 nitrogen and oxygen atoms in total. The summed E-state index contributed by atoms with van der Waals surface area (Å²) in [6.45, 7) is 4.49. The van der Waals surface area contributed by atoms with Crippen molar-refractivity contribution >= 4 is 0 Å². The Morgan fingerprint density at radius 1 is 0.808 bits per heavy atom. The zero-order valence-corrected chi connectivity index (χ0v) is 16.6. The highest BCUT2D eigenvalue weighted by molar-refractivity contribution is 5.58. The molecule has 0 bridgehead atoms. The van der Waals surface area contributed by atoms with Gasteiger partial charge in [0.1, 0.15) is 0 Å². The second-order valence-corrected chi connectivity index (χ2v) is 8.03. The van der Waals surface area contributed by atoms with E-state index >= 15 is 0 Å². The van der Waals surface area contributed by atoms with Crippen LogP contribution in [0.2, 0.25) is 0 Å². The molecule has 0 spiro atoms. The lowest BCUT2D eigenvalue weighted by molar-refractivity contribution is 0.249. The third kappa shape index (κ3) is 5.40. The minimum Gasteiger partial charge on any atom is -0.155 e. The number of hydrogen-bond donors (Lipinski definition) is 0. The first-order chi connectivity index (χ1) is 12.8. The van der Waals surface area contributed by atoms with Crippen LogP contribution >= 0.6 is 0 Å². The Hall–Kier alpha value is -1.70. The van der Waals surface area contributed by atoms with Gasteiger partial charge in [-0.15, -0.1) is 0 Å². The van der Waals surface area contributed by atoms with Crippen LogP contribution in [0.15, 0.2) is 36.4 Å². The summed E-state index contributed by atoms with van der Waals surface area (Å²) < 4.78 is 0. The van der Waals surface area contributed by atoms with E-state index in [0.717, 1.165) is 41.6 Å². The molecule has 0 atom stereocenters. The van der Waals surface area contributed by atoms with E-state index in [1.54, 1.807) is 0 Å². The summed E-state index contributed by atoms with van der Waals surface area (Å²) in [6, 6.07) is 13.0. The first kappa shape index (κ1) is 19.1. The predicted octanol–water partition coefficient (Wildman–Crippen LogP) is 6.64. The molecule has 1 aromatic heterocycles. The fourth-order valence-electron chi connectivity index (χ4n) is 4.21. The van der Waals surface area contributed by atoms with Crippen molar-refractivity contribution in [2.24, 2.45) is 11.8 Å². The molecule has 1 aliphatic rings. The van der Waals surface area contributed by atoms with E-state index in [1.165, 1.54) is 56.9 Å². The molecule has 3 rings (SSSR count). The largest absolute Gasteiger partial charge is 0.155 e. The number of nitrogens with zero attached hydrogens (tertiary/aromatic N) is 2. The predicted molar refractivity (Wildman–Crippen MR) is 110 cm³/mol. The Bertz CT molecular complexity index is 637. The van der Waals surface area contributed by atoms with Gasteiger partial charge in [-0.25, -0.2) is 0 Å². The van der Waals surface area contributed by atoms with E-state index in [4.69, 9.17) is 0 Å². The molecule has 1 aromatic carbocycles. The van der Waals surface area contributed by atoms with E-state index in [0.29, 0.717) is 0 Å². The molecule has 1 fully saturated rings. The topological polar surface area (TPSA) is 25.8 Å². The number of aryl methyl sites for hydroxylation is 2. The van der Waals surface area contributed by atoms with E-state index in [1.807, 2.05) is 0 Å². The first-order valence-corrected chi connectivity index (χ1v) is 10.7.